The second-order valence-electron chi connectivity index (χ2n) is 3.54. The maximum atomic E-state index is 11.5. The third-order valence-corrected chi connectivity index (χ3v) is 2.58. The Morgan fingerprint density at radius 2 is 2.33 bits per heavy atom. The zero-order valence-electron chi connectivity index (χ0n) is 8.56. The molecule has 1 aromatic carbocycles. The van der Waals surface area contributed by atoms with Crippen molar-refractivity contribution < 1.29 is 14.6 Å². The number of hydrogen-bond acceptors (Lipinski definition) is 3. The standard InChI is InChI=1S/C11H13NO3/c1-15-11(14)12-6-2-3-8-4-5-9(13)7-10(8)12/h4-5,7,13H,2-3,6H2,1H3. The van der Waals surface area contributed by atoms with Crippen molar-refractivity contribution in [2.24, 2.45) is 0 Å². The van der Waals surface area contributed by atoms with Crippen LogP contribution in [0.3, 0.4) is 0 Å². The molecule has 1 amide bonds. The van der Waals surface area contributed by atoms with Gasteiger partial charge in [-0.05, 0) is 24.5 Å². The number of anilines is 1. The summed E-state index contributed by atoms with van der Waals surface area (Å²) in [6.45, 7) is 0.642. The van der Waals surface area contributed by atoms with Crippen molar-refractivity contribution in [1.29, 1.82) is 0 Å². The minimum atomic E-state index is -0.374. The molecule has 0 saturated heterocycles. The molecule has 0 spiro atoms. The van der Waals surface area contributed by atoms with Crippen molar-refractivity contribution in [3.63, 3.8) is 0 Å². The lowest BCUT2D eigenvalue weighted by atomic mass is 10.0. The third kappa shape index (κ3) is 1.75. The van der Waals surface area contributed by atoms with Crippen LogP contribution in [0.1, 0.15) is 12.0 Å². The number of aromatic hydroxyl groups is 1. The lowest BCUT2D eigenvalue weighted by Crippen LogP contribution is -2.35. The molecule has 0 unspecified atom stereocenters. The van der Waals surface area contributed by atoms with Crippen molar-refractivity contribution in [3.05, 3.63) is 23.8 Å². The molecular formula is C11H13NO3. The Bertz CT molecular complexity index is 389. The molecule has 15 heavy (non-hydrogen) atoms. The number of carbonyl (C=O) groups is 1. The van der Waals surface area contributed by atoms with Gasteiger partial charge in [0, 0.05) is 12.6 Å². The van der Waals surface area contributed by atoms with Gasteiger partial charge in [0.15, 0.2) is 0 Å². The molecule has 1 N–H and O–H groups in total. The van der Waals surface area contributed by atoms with Gasteiger partial charge in [-0.25, -0.2) is 4.79 Å². The number of fused-ring (bicyclic) bond motifs is 1. The molecule has 1 aliphatic heterocycles. The van der Waals surface area contributed by atoms with E-state index in [0.29, 0.717) is 6.54 Å². The molecule has 0 aliphatic carbocycles. The van der Waals surface area contributed by atoms with Gasteiger partial charge in [-0.15, -0.1) is 0 Å². The quantitative estimate of drug-likeness (QED) is 0.707. The van der Waals surface area contributed by atoms with Gasteiger partial charge in [-0.3, -0.25) is 4.90 Å². The first kappa shape index (κ1) is 9.83. The highest BCUT2D eigenvalue weighted by Gasteiger charge is 2.23. The lowest BCUT2D eigenvalue weighted by Gasteiger charge is -2.28. The molecule has 0 atom stereocenters. The maximum Gasteiger partial charge on any atom is 0.414 e. The number of phenolic OH excluding ortho intramolecular Hbond substituents is 1. The topological polar surface area (TPSA) is 49.8 Å². The zero-order chi connectivity index (χ0) is 10.8. The van der Waals surface area contributed by atoms with Crippen LogP contribution in [0.15, 0.2) is 18.2 Å². The summed E-state index contributed by atoms with van der Waals surface area (Å²) < 4.78 is 4.69. The fourth-order valence-electron chi connectivity index (χ4n) is 1.86. The van der Waals surface area contributed by atoms with Crippen LogP contribution in [-0.2, 0) is 11.2 Å². The number of rotatable bonds is 0. The van der Waals surface area contributed by atoms with Gasteiger partial charge in [0.05, 0.1) is 12.8 Å². The smallest absolute Gasteiger partial charge is 0.414 e. The predicted molar refractivity (Wildman–Crippen MR) is 56.2 cm³/mol. The van der Waals surface area contributed by atoms with E-state index >= 15 is 0 Å². The van der Waals surface area contributed by atoms with Crippen LogP contribution >= 0.6 is 0 Å². The summed E-state index contributed by atoms with van der Waals surface area (Å²) >= 11 is 0. The zero-order valence-corrected chi connectivity index (χ0v) is 8.56. The summed E-state index contributed by atoms with van der Waals surface area (Å²) in [5.41, 5.74) is 1.83. The molecule has 0 aromatic heterocycles. The van der Waals surface area contributed by atoms with Crippen LogP contribution in [0.2, 0.25) is 0 Å². The molecule has 0 fully saturated rings. The normalized spacial score (nSPS) is 14.6. The Morgan fingerprint density at radius 3 is 3.07 bits per heavy atom. The summed E-state index contributed by atoms with van der Waals surface area (Å²) in [6, 6.07) is 5.09. The highest BCUT2D eigenvalue weighted by atomic mass is 16.5. The van der Waals surface area contributed by atoms with E-state index in [1.807, 2.05) is 6.07 Å². The highest BCUT2D eigenvalue weighted by Crippen LogP contribution is 2.30. The fraction of sp³-hybridized carbons (Fsp3) is 0.364. The second-order valence-corrected chi connectivity index (χ2v) is 3.54. The summed E-state index contributed by atoms with van der Waals surface area (Å²) in [5.74, 6) is 0.171. The number of hydrogen-bond donors (Lipinski definition) is 1. The van der Waals surface area contributed by atoms with Crippen LogP contribution in [0, 0.1) is 0 Å². The van der Waals surface area contributed by atoms with Gasteiger partial charge in [0.1, 0.15) is 5.75 Å². The van der Waals surface area contributed by atoms with E-state index in [4.69, 9.17) is 4.74 Å². The second kappa shape index (κ2) is 3.81. The number of ether oxygens (including phenoxy) is 1. The van der Waals surface area contributed by atoms with E-state index in [9.17, 15) is 9.90 Å². The molecule has 4 nitrogen and oxygen atoms in total. The van der Waals surface area contributed by atoms with Crippen molar-refractivity contribution in [1.82, 2.24) is 0 Å². The van der Waals surface area contributed by atoms with E-state index < -0.39 is 0 Å². The average molecular weight is 207 g/mol. The van der Waals surface area contributed by atoms with Gasteiger partial charge < -0.3 is 9.84 Å². The van der Waals surface area contributed by atoms with Gasteiger partial charge in [0.25, 0.3) is 0 Å². The minimum Gasteiger partial charge on any atom is -0.508 e. The molecule has 80 valence electrons. The van der Waals surface area contributed by atoms with E-state index in [1.54, 1.807) is 17.0 Å². The van der Waals surface area contributed by atoms with Crippen LogP contribution in [0.5, 0.6) is 5.75 Å². The Kier molecular flexibility index (Phi) is 2.49. The van der Waals surface area contributed by atoms with Crippen molar-refractivity contribution in [2.45, 2.75) is 12.8 Å². The molecule has 2 rings (SSSR count). The number of carbonyl (C=O) groups excluding carboxylic acids is 1. The van der Waals surface area contributed by atoms with Crippen LogP contribution in [0.4, 0.5) is 10.5 Å². The van der Waals surface area contributed by atoms with Crippen LogP contribution < -0.4 is 4.90 Å². The first-order chi connectivity index (χ1) is 7.22. The van der Waals surface area contributed by atoms with Crippen molar-refractivity contribution in [2.75, 3.05) is 18.6 Å². The summed E-state index contributed by atoms with van der Waals surface area (Å²) in [6.07, 6.45) is 1.48. The summed E-state index contributed by atoms with van der Waals surface area (Å²) in [7, 11) is 1.36. The van der Waals surface area contributed by atoms with Crippen LogP contribution in [-0.4, -0.2) is 24.9 Å². The predicted octanol–water partition coefficient (Wildman–Crippen LogP) is 1.91. The Labute approximate surface area is 88.1 Å². The molecule has 0 saturated carbocycles. The molecule has 0 bridgehead atoms. The van der Waals surface area contributed by atoms with E-state index in [2.05, 4.69) is 0 Å². The van der Waals surface area contributed by atoms with Crippen LogP contribution in [0.25, 0.3) is 0 Å². The van der Waals surface area contributed by atoms with E-state index in [-0.39, 0.29) is 11.8 Å². The minimum absolute atomic E-state index is 0.171. The third-order valence-electron chi connectivity index (χ3n) is 2.58. The number of aryl methyl sites for hydroxylation is 1. The molecule has 1 aliphatic rings. The lowest BCUT2D eigenvalue weighted by molar-refractivity contribution is 0.178. The number of methoxy groups -OCH3 is 1. The Balaban J connectivity index is 2.40. The van der Waals surface area contributed by atoms with E-state index in [1.165, 1.54) is 7.11 Å². The number of nitrogens with zero attached hydrogens (tertiary/aromatic N) is 1. The molecule has 4 heteroatoms. The van der Waals surface area contributed by atoms with Crippen molar-refractivity contribution >= 4 is 11.8 Å². The highest BCUT2D eigenvalue weighted by molar-refractivity contribution is 5.89. The maximum absolute atomic E-state index is 11.5. The summed E-state index contributed by atoms with van der Waals surface area (Å²) in [4.78, 5) is 13.0. The first-order valence-electron chi connectivity index (χ1n) is 4.90. The molecular weight excluding hydrogens is 194 g/mol. The van der Waals surface area contributed by atoms with Crippen molar-refractivity contribution in [3.8, 4) is 5.75 Å². The van der Waals surface area contributed by atoms with Gasteiger partial charge >= 0.3 is 6.09 Å². The number of phenols is 1. The molecule has 1 aromatic rings. The number of amides is 1. The Hall–Kier alpha value is -1.71. The van der Waals surface area contributed by atoms with Gasteiger partial charge in [0.2, 0.25) is 0 Å². The Morgan fingerprint density at radius 1 is 1.53 bits per heavy atom. The van der Waals surface area contributed by atoms with Gasteiger partial charge in [-0.2, -0.15) is 0 Å². The summed E-state index contributed by atoms with van der Waals surface area (Å²) in [5, 5.41) is 9.38. The monoisotopic (exact) mass is 207 g/mol. The SMILES string of the molecule is COC(=O)N1CCCc2ccc(O)cc21. The fourth-order valence-corrected chi connectivity index (χ4v) is 1.86. The van der Waals surface area contributed by atoms with Gasteiger partial charge in [-0.1, -0.05) is 6.07 Å². The van der Waals surface area contributed by atoms with E-state index in [0.717, 1.165) is 24.1 Å². The molecule has 0 radical (unpaired) electrons. The largest absolute Gasteiger partial charge is 0.508 e. The first-order valence-corrected chi connectivity index (χ1v) is 4.90. The average Bonchev–Trinajstić information content (AvgIpc) is 2.27. The number of benzene rings is 1. The molecule has 1 heterocycles.